The molecule has 2 heterocycles. The van der Waals surface area contributed by atoms with Crippen molar-refractivity contribution in [3.05, 3.63) is 28.0 Å². The molecule has 0 spiro atoms. The first-order valence-corrected chi connectivity index (χ1v) is 7.95. The zero-order valence-electron chi connectivity index (χ0n) is 9.78. The van der Waals surface area contributed by atoms with Gasteiger partial charge < -0.3 is 0 Å². The van der Waals surface area contributed by atoms with Gasteiger partial charge in [-0.05, 0) is 23.8 Å². The maximum atomic E-state index is 11.9. The Kier molecular flexibility index (Phi) is 4.68. The van der Waals surface area contributed by atoms with E-state index in [-0.39, 0.29) is 5.57 Å². The minimum atomic E-state index is -0.472. The van der Waals surface area contributed by atoms with E-state index < -0.39 is 5.91 Å². The lowest BCUT2D eigenvalue weighted by Crippen LogP contribution is -2.13. The molecule has 0 saturated heterocycles. The first-order valence-electron chi connectivity index (χ1n) is 5.07. The summed E-state index contributed by atoms with van der Waals surface area (Å²) in [6.07, 6.45) is 3.40. The van der Waals surface area contributed by atoms with Crippen molar-refractivity contribution in [3.8, 4) is 6.07 Å². The standard InChI is InChI=1S/C11H8N4OS3/c1-17-11-14-10(19-15-11)13-9(16)7(6-12)5-8-3-2-4-18-8/h2-5H,1H3,(H,13,14,15,16)/b7-5-. The summed E-state index contributed by atoms with van der Waals surface area (Å²) in [5.74, 6) is -0.472. The molecule has 0 radical (unpaired) electrons. The number of hydrogen-bond donors (Lipinski definition) is 1. The van der Waals surface area contributed by atoms with E-state index in [0.29, 0.717) is 10.3 Å². The number of nitrogens with one attached hydrogen (secondary N) is 1. The van der Waals surface area contributed by atoms with Crippen molar-refractivity contribution in [3.63, 3.8) is 0 Å². The summed E-state index contributed by atoms with van der Waals surface area (Å²) in [4.78, 5) is 16.8. The molecule has 0 aliphatic heterocycles. The summed E-state index contributed by atoms with van der Waals surface area (Å²) >= 11 is 3.95. The van der Waals surface area contributed by atoms with Gasteiger partial charge in [0.25, 0.3) is 5.91 Å². The number of hydrogen-bond acceptors (Lipinski definition) is 7. The summed E-state index contributed by atoms with van der Waals surface area (Å²) < 4.78 is 4.03. The van der Waals surface area contributed by atoms with Gasteiger partial charge >= 0.3 is 0 Å². The average molecular weight is 308 g/mol. The molecule has 1 N–H and O–H groups in total. The highest BCUT2D eigenvalue weighted by molar-refractivity contribution is 7.98. The maximum Gasteiger partial charge on any atom is 0.268 e. The van der Waals surface area contributed by atoms with Crippen LogP contribution in [0, 0.1) is 11.3 Å². The minimum Gasteiger partial charge on any atom is -0.296 e. The lowest BCUT2D eigenvalue weighted by atomic mass is 10.2. The van der Waals surface area contributed by atoms with Gasteiger partial charge in [-0.25, -0.2) is 0 Å². The van der Waals surface area contributed by atoms with Crippen molar-refractivity contribution in [1.82, 2.24) is 9.36 Å². The predicted molar refractivity (Wildman–Crippen MR) is 78.2 cm³/mol. The van der Waals surface area contributed by atoms with Crippen LogP contribution >= 0.6 is 34.6 Å². The Labute approximate surface area is 122 Å². The lowest BCUT2D eigenvalue weighted by Gasteiger charge is -1.98. The van der Waals surface area contributed by atoms with Gasteiger partial charge in [-0.3, -0.25) is 10.1 Å². The van der Waals surface area contributed by atoms with Crippen LogP contribution in [0.2, 0.25) is 0 Å². The summed E-state index contributed by atoms with van der Waals surface area (Å²) in [6, 6.07) is 5.59. The van der Waals surface area contributed by atoms with Gasteiger partial charge in [0.2, 0.25) is 10.3 Å². The molecule has 0 aliphatic carbocycles. The molecule has 0 aromatic carbocycles. The topological polar surface area (TPSA) is 78.7 Å². The van der Waals surface area contributed by atoms with Crippen LogP contribution in [0.25, 0.3) is 6.08 Å². The third kappa shape index (κ3) is 3.64. The fourth-order valence-electron chi connectivity index (χ4n) is 1.17. The zero-order chi connectivity index (χ0) is 13.7. The Hall–Kier alpha value is -1.69. The van der Waals surface area contributed by atoms with Crippen LogP contribution in [-0.4, -0.2) is 21.5 Å². The fraction of sp³-hybridized carbons (Fsp3) is 0.0909. The Morgan fingerprint density at radius 1 is 1.63 bits per heavy atom. The molecule has 19 heavy (non-hydrogen) atoms. The summed E-state index contributed by atoms with van der Waals surface area (Å²) in [6.45, 7) is 0. The minimum absolute atomic E-state index is 0.0448. The van der Waals surface area contributed by atoms with E-state index in [4.69, 9.17) is 5.26 Å². The van der Waals surface area contributed by atoms with Crippen LogP contribution in [0.5, 0.6) is 0 Å². The molecular weight excluding hydrogens is 300 g/mol. The SMILES string of the molecule is CSc1nsc(NC(=O)/C(C#N)=C\c2cccs2)n1. The number of nitriles is 1. The molecule has 5 nitrogen and oxygen atoms in total. The summed E-state index contributed by atoms with van der Waals surface area (Å²) in [5, 5.41) is 14.5. The van der Waals surface area contributed by atoms with E-state index in [1.54, 1.807) is 6.08 Å². The van der Waals surface area contributed by atoms with Crippen molar-refractivity contribution in [2.45, 2.75) is 5.16 Å². The van der Waals surface area contributed by atoms with Gasteiger partial charge in [0.1, 0.15) is 11.6 Å². The van der Waals surface area contributed by atoms with Crippen molar-refractivity contribution in [1.29, 1.82) is 5.26 Å². The third-order valence-electron chi connectivity index (χ3n) is 2.01. The van der Waals surface area contributed by atoms with Gasteiger partial charge in [-0.1, -0.05) is 17.8 Å². The Balaban J connectivity index is 2.12. The van der Waals surface area contributed by atoms with E-state index >= 15 is 0 Å². The fourth-order valence-corrected chi connectivity index (χ4v) is 2.95. The number of anilines is 1. The second-order valence-electron chi connectivity index (χ2n) is 3.23. The van der Waals surface area contributed by atoms with E-state index in [2.05, 4.69) is 14.7 Å². The van der Waals surface area contributed by atoms with Crippen LogP contribution in [0.15, 0.2) is 28.2 Å². The molecule has 96 valence electrons. The summed E-state index contributed by atoms with van der Waals surface area (Å²) in [7, 11) is 0. The Morgan fingerprint density at radius 2 is 2.47 bits per heavy atom. The van der Waals surface area contributed by atoms with E-state index in [1.165, 1.54) is 23.1 Å². The molecule has 0 bridgehead atoms. The van der Waals surface area contributed by atoms with Crippen LogP contribution < -0.4 is 5.32 Å². The highest BCUT2D eigenvalue weighted by Crippen LogP contribution is 2.19. The molecule has 8 heteroatoms. The van der Waals surface area contributed by atoms with Crippen molar-refractivity contribution in [2.24, 2.45) is 0 Å². The highest BCUT2D eigenvalue weighted by Gasteiger charge is 2.12. The molecule has 0 aliphatic rings. The average Bonchev–Trinajstić information content (AvgIpc) is 3.06. The number of nitrogens with zero attached hydrogens (tertiary/aromatic N) is 3. The molecule has 2 rings (SSSR count). The molecule has 0 unspecified atom stereocenters. The molecule has 2 aromatic heterocycles. The molecular formula is C11H8N4OS3. The van der Waals surface area contributed by atoms with E-state index in [1.807, 2.05) is 29.8 Å². The van der Waals surface area contributed by atoms with Crippen molar-refractivity contribution >= 4 is 51.7 Å². The molecule has 1 amide bonds. The largest absolute Gasteiger partial charge is 0.296 e. The van der Waals surface area contributed by atoms with Gasteiger partial charge in [0.15, 0.2) is 0 Å². The molecule has 0 atom stereocenters. The first-order chi connectivity index (χ1) is 9.22. The first kappa shape index (κ1) is 13.7. The number of thiophene rings is 1. The lowest BCUT2D eigenvalue weighted by molar-refractivity contribution is -0.112. The van der Waals surface area contributed by atoms with Crippen molar-refractivity contribution in [2.75, 3.05) is 11.6 Å². The van der Waals surface area contributed by atoms with Crippen LogP contribution in [0.3, 0.4) is 0 Å². The Bertz CT molecular complexity index is 639. The number of thioether (sulfide) groups is 1. The van der Waals surface area contributed by atoms with E-state index in [0.717, 1.165) is 16.4 Å². The molecule has 0 saturated carbocycles. The van der Waals surface area contributed by atoms with Crippen LogP contribution in [0.4, 0.5) is 5.13 Å². The van der Waals surface area contributed by atoms with Gasteiger partial charge in [0, 0.05) is 16.4 Å². The molecule has 0 fully saturated rings. The normalized spacial score (nSPS) is 11.1. The quantitative estimate of drug-likeness (QED) is 0.534. The highest BCUT2D eigenvalue weighted by atomic mass is 32.2. The van der Waals surface area contributed by atoms with Crippen molar-refractivity contribution < 1.29 is 4.79 Å². The maximum absolute atomic E-state index is 11.9. The van der Waals surface area contributed by atoms with Crippen LogP contribution in [-0.2, 0) is 4.79 Å². The van der Waals surface area contributed by atoms with Gasteiger partial charge in [-0.2, -0.15) is 14.6 Å². The Morgan fingerprint density at radius 3 is 3.05 bits per heavy atom. The second kappa shape index (κ2) is 6.47. The third-order valence-corrected chi connectivity index (χ3v) is 4.12. The number of carbonyl (C=O) groups is 1. The molecule has 2 aromatic rings. The van der Waals surface area contributed by atoms with Crippen LogP contribution in [0.1, 0.15) is 4.88 Å². The zero-order valence-corrected chi connectivity index (χ0v) is 12.2. The monoisotopic (exact) mass is 308 g/mol. The second-order valence-corrected chi connectivity index (χ2v) is 5.73. The number of amides is 1. The predicted octanol–water partition coefficient (Wildman–Crippen LogP) is 2.87. The number of carbonyl (C=O) groups excluding carboxylic acids is 1. The van der Waals surface area contributed by atoms with E-state index in [9.17, 15) is 4.79 Å². The summed E-state index contributed by atoms with van der Waals surface area (Å²) in [5.41, 5.74) is 0.0448. The van der Waals surface area contributed by atoms with Gasteiger partial charge in [0.05, 0.1) is 0 Å². The number of rotatable bonds is 4. The number of aromatic nitrogens is 2. The smallest absolute Gasteiger partial charge is 0.268 e. The van der Waals surface area contributed by atoms with Gasteiger partial charge in [-0.15, -0.1) is 11.3 Å².